The molecule has 0 saturated heterocycles. The number of hydrogen-bond acceptors (Lipinski definition) is 4. The Kier molecular flexibility index (Phi) is 4.04. The summed E-state index contributed by atoms with van der Waals surface area (Å²) in [5.74, 6) is -0.535. The molecule has 0 aromatic carbocycles. The van der Waals surface area contributed by atoms with Crippen LogP contribution in [0.1, 0.15) is 23.5 Å². The summed E-state index contributed by atoms with van der Waals surface area (Å²) >= 11 is 1.28. The van der Waals surface area contributed by atoms with Crippen molar-refractivity contribution in [3.05, 3.63) is 22.4 Å². The first-order valence-electron chi connectivity index (χ1n) is 4.68. The van der Waals surface area contributed by atoms with Crippen LogP contribution in [0.4, 0.5) is 0 Å². The lowest BCUT2D eigenvalue weighted by Gasteiger charge is -2.05. The third-order valence-corrected chi connectivity index (χ3v) is 4.52. The minimum atomic E-state index is -3.25. The highest BCUT2D eigenvalue weighted by molar-refractivity contribution is 7.92. The molecule has 0 spiro atoms. The maximum absolute atomic E-state index is 11.5. The van der Waals surface area contributed by atoms with E-state index in [2.05, 4.69) is 0 Å². The number of Topliss-reactive ketones (excluding diaryl/α,β-unsaturated/α-hetero) is 1. The van der Waals surface area contributed by atoms with Crippen molar-refractivity contribution < 1.29 is 13.2 Å². The first kappa shape index (κ1) is 12.4. The fraction of sp³-hybridized carbons (Fsp3) is 0.500. The lowest BCUT2D eigenvalue weighted by molar-refractivity contribution is 0.102. The van der Waals surface area contributed by atoms with Gasteiger partial charge in [0.25, 0.3) is 0 Å². The largest absolute Gasteiger partial charge is 0.292 e. The third-order valence-electron chi connectivity index (χ3n) is 1.73. The fourth-order valence-corrected chi connectivity index (χ4v) is 3.72. The van der Waals surface area contributed by atoms with Crippen molar-refractivity contribution in [3.63, 3.8) is 0 Å². The molecule has 0 amide bonds. The smallest absolute Gasteiger partial charge is 0.187 e. The highest BCUT2D eigenvalue weighted by Gasteiger charge is 2.19. The summed E-state index contributed by atoms with van der Waals surface area (Å²) in [4.78, 5) is 12.1. The zero-order chi connectivity index (χ0) is 11.5. The van der Waals surface area contributed by atoms with E-state index in [1.54, 1.807) is 17.5 Å². The number of rotatable bonds is 5. The molecule has 0 N–H and O–H groups in total. The molecule has 0 aliphatic heterocycles. The van der Waals surface area contributed by atoms with Crippen LogP contribution in [-0.4, -0.2) is 25.7 Å². The average Bonchev–Trinajstić information content (AvgIpc) is 2.50. The van der Waals surface area contributed by atoms with E-state index < -0.39 is 9.84 Å². The molecule has 1 aromatic heterocycles. The molecular weight excluding hydrogens is 232 g/mol. The third kappa shape index (κ3) is 4.13. The molecule has 5 heteroatoms. The van der Waals surface area contributed by atoms with Gasteiger partial charge in [-0.2, -0.15) is 0 Å². The van der Waals surface area contributed by atoms with Crippen LogP contribution in [0.3, 0.4) is 0 Å². The molecule has 0 radical (unpaired) electrons. The van der Waals surface area contributed by atoms with Gasteiger partial charge in [0.05, 0.1) is 10.6 Å². The Morgan fingerprint density at radius 1 is 1.47 bits per heavy atom. The molecule has 84 valence electrons. The number of hydrogen-bond donors (Lipinski definition) is 0. The topological polar surface area (TPSA) is 51.2 Å². The van der Waals surface area contributed by atoms with E-state index >= 15 is 0 Å². The maximum Gasteiger partial charge on any atom is 0.187 e. The van der Waals surface area contributed by atoms with Gasteiger partial charge in [0.2, 0.25) is 0 Å². The molecular formula is C10H14O3S2. The second kappa shape index (κ2) is 4.90. The Hall–Kier alpha value is -0.680. The van der Waals surface area contributed by atoms with Crippen LogP contribution in [0.25, 0.3) is 0 Å². The molecule has 0 aliphatic rings. The quantitative estimate of drug-likeness (QED) is 0.747. The SMILES string of the molecule is CC(C)CS(=O)(=O)CC(=O)c1cccs1. The van der Waals surface area contributed by atoms with Gasteiger partial charge >= 0.3 is 0 Å². The number of thiophene rings is 1. The molecule has 3 nitrogen and oxygen atoms in total. The lowest BCUT2D eigenvalue weighted by Crippen LogP contribution is -2.21. The van der Waals surface area contributed by atoms with Crippen molar-refractivity contribution in [1.29, 1.82) is 0 Å². The Balaban J connectivity index is 2.67. The van der Waals surface area contributed by atoms with Crippen molar-refractivity contribution in [2.75, 3.05) is 11.5 Å². The van der Waals surface area contributed by atoms with Gasteiger partial charge in [0, 0.05) is 0 Å². The van der Waals surface area contributed by atoms with Crippen LogP contribution < -0.4 is 0 Å². The Bertz CT molecular complexity index is 416. The summed E-state index contributed by atoms with van der Waals surface area (Å²) < 4.78 is 23.1. The van der Waals surface area contributed by atoms with E-state index in [1.807, 2.05) is 13.8 Å². The van der Waals surface area contributed by atoms with E-state index in [4.69, 9.17) is 0 Å². The molecule has 0 saturated carbocycles. The van der Waals surface area contributed by atoms with Crippen molar-refractivity contribution >= 4 is 27.0 Å². The summed E-state index contributed by atoms with van der Waals surface area (Å²) in [6.07, 6.45) is 0. The van der Waals surface area contributed by atoms with E-state index in [-0.39, 0.29) is 23.2 Å². The molecule has 0 bridgehead atoms. The van der Waals surface area contributed by atoms with E-state index in [0.717, 1.165) is 0 Å². The first-order valence-corrected chi connectivity index (χ1v) is 7.38. The number of ketones is 1. The minimum absolute atomic E-state index is 0.0612. The molecule has 1 heterocycles. The van der Waals surface area contributed by atoms with Crippen molar-refractivity contribution in [1.82, 2.24) is 0 Å². The van der Waals surface area contributed by atoms with Crippen molar-refractivity contribution in [2.45, 2.75) is 13.8 Å². The second-order valence-electron chi connectivity index (χ2n) is 3.85. The zero-order valence-electron chi connectivity index (χ0n) is 8.76. The summed E-state index contributed by atoms with van der Waals surface area (Å²) in [6, 6.07) is 3.39. The van der Waals surface area contributed by atoms with Gasteiger partial charge in [-0.1, -0.05) is 19.9 Å². The number of sulfone groups is 1. The maximum atomic E-state index is 11.5. The molecule has 1 rings (SSSR count). The van der Waals surface area contributed by atoms with E-state index in [1.165, 1.54) is 11.3 Å². The summed E-state index contributed by atoms with van der Waals surface area (Å²) in [5.41, 5.74) is 0. The lowest BCUT2D eigenvalue weighted by atomic mass is 10.3. The molecule has 15 heavy (non-hydrogen) atoms. The number of carbonyl (C=O) groups is 1. The second-order valence-corrected chi connectivity index (χ2v) is 6.91. The number of carbonyl (C=O) groups excluding carboxylic acids is 1. The van der Waals surface area contributed by atoms with E-state index in [0.29, 0.717) is 4.88 Å². The molecule has 0 atom stereocenters. The van der Waals surface area contributed by atoms with Crippen LogP contribution in [-0.2, 0) is 9.84 Å². The molecule has 1 aromatic rings. The van der Waals surface area contributed by atoms with Crippen LogP contribution >= 0.6 is 11.3 Å². The first-order chi connectivity index (χ1) is 6.91. The van der Waals surface area contributed by atoms with Gasteiger partial charge in [-0.3, -0.25) is 4.79 Å². The van der Waals surface area contributed by atoms with Crippen LogP contribution in [0.15, 0.2) is 17.5 Å². The normalized spacial score (nSPS) is 11.9. The van der Waals surface area contributed by atoms with Gasteiger partial charge < -0.3 is 0 Å². The zero-order valence-corrected chi connectivity index (χ0v) is 10.4. The fourth-order valence-electron chi connectivity index (χ4n) is 1.27. The minimum Gasteiger partial charge on any atom is -0.292 e. The summed E-state index contributed by atoms with van der Waals surface area (Å²) in [6.45, 7) is 3.65. The highest BCUT2D eigenvalue weighted by atomic mass is 32.2. The Morgan fingerprint density at radius 2 is 2.13 bits per heavy atom. The van der Waals surface area contributed by atoms with Gasteiger partial charge in [-0.25, -0.2) is 8.42 Å². The van der Waals surface area contributed by atoms with Gasteiger partial charge in [-0.15, -0.1) is 11.3 Å². The van der Waals surface area contributed by atoms with E-state index in [9.17, 15) is 13.2 Å². The van der Waals surface area contributed by atoms with Crippen molar-refractivity contribution in [3.8, 4) is 0 Å². The molecule has 0 fully saturated rings. The van der Waals surface area contributed by atoms with Gasteiger partial charge in [-0.05, 0) is 17.4 Å². The predicted octanol–water partition coefficient (Wildman–Crippen LogP) is 2.00. The standard InChI is InChI=1S/C10H14O3S2/c1-8(2)6-15(12,13)7-9(11)10-4-3-5-14-10/h3-5,8H,6-7H2,1-2H3. The van der Waals surface area contributed by atoms with Gasteiger partial charge in [0.15, 0.2) is 15.6 Å². The highest BCUT2D eigenvalue weighted by Crippen LogP contribution is 2.11. The summed E-state index contributed by atoms with van der Waals surface area (Å²) in [7, 11) is -3.25. The predicted molar refractivity (Wildman–Crippen MR) is 62.1 cm³/mol. The van der Waals surface area contributed by atoms with Gasteiger partial charge in [0.1, 0.15) is 5.75 Å². The molecule has 0 aliphatic carbocycles. The van der Waals surface area contributed by atoms with Crippen molar-refractivity contribution in [2.24, 2.45) is 5.92 Å². The monoisotopic (exact) mass is 246 g/mol. The Morgan fingerprint density at radius 3 is 2.60 bits per heavy atom. The van der Waals surface area contributed by atoms with Crippen LogP contribution in [0.5, 0.6) is 0 Å². The van der Waals surface area contributed by atoms with Crippen LogP contribution in [0.2, 0.25) is 0 Å². The average molecular weight is 246 g/mol. The Labute approximate surface area is 94.0 Å². The molecule has 0 unspecified atom stereocenters. The van der Waals surface area contributed by atoms with Crippen LogP contribution in [0, 0.1) is 5.92 Å². The summed E-state index contributed by atoms with van der Waals surface area (Å²) in [5, 5.41) is 1.77.